The number of nitrogens with one attached hydrogen (secondary N) is 1. The Kier molecular flexibility index (Phi) is 4.09. The number of benzene rings is 2. The molecule has 2 unspecified atom stereocenters. The van der Waals surface area contributed by atoms with Crippen LogP contribution in [0, 0.1) is 13.8 Å². The Labute approximate surface area is 127 Å². The Hall–Kier alpha value is -1.64. The van der Waals surface area contributed by atoms with Crippen molar-refractivity contribution in [1.82, 2.24) is 5.43 Å². The molecule has 3 rings (SSSR count). The molecular weight excluding hydrogens is 256 g/mol. The van der Waals surface area contributed by atoms with Crippen LogP contribution in [0.4, 0.5) is 0 Å². The first-order valence-electron chi connectivity index (χ1n) is 7.78. The lowest BCUT2D eigenvalue weighted by atomic mass is 9.88. The minimum atomic E-state index is 0.301. The van der Waals surface area contributed by atoms with Gasteiger partial charge in [-0.25, -0.2) is 0 Å². The maximum absolute atomic E-state index is 5.88. The number of hydrazine groups is 1. The average Bonchev–Trinajstić information content (AvgIpc) is 2.87. The number of rotatable bonds is 4. The summed E-state index contributed by atoms with van der Waals surface area (Å²) < 4.78 is 0. The molecule has 0 aliphatic heterocycles. The summed E-state index contributed by atoms with van der Waals surface area (Å²) in [6.07, 6.45) is 3.35. The molecule has 0 heterocycles. The minimum Gasteiger partial charge on any atom is -0.271 e. The van der Waals surface area contributed by atoms with Crippen molar-refractivity contribution in [3.63, 3.8) is 0 Å². The lowest BCUT2D eigenvalue weighted by molar-refractivity contribution is 0.434. The zero-order valence-electron chi connectivity index (χ0n) is 12.9. The lowest BCUT2D eigenvalue weighted by Crippen LogP contribution is -2.40. The zero-order chi connectivity index (χ0) is 14.8. The van der Waals surface area contributed by atoms with Gasteiger partial charge in [0.05, 0.1) is 0 Å². The lowest BCUT2D eigenvalue weighted by Gasteiger charge is -2.24. The van der Waals surface area contributed by atoms with E-state index < -0.39 is 0 Å². The Morgan fingerprint density at radius 1 is 1.14 bits per heavy atom. The highest BCUT2D eigenvalue weighted by Crippen LogP contribution is 2.36. The molecular formula is C19H24N2. The smallest absolute Gasteiger partial charge is 0.0319 e. The maximum atomic E-state index is 5.88. The highest BCUT2D eigenvalue weighted by molar-refractivity contribution is 5.37. The van der Waals surface area contributed by atoms with Gasteiger partial charge in [-0.2, -0.15) is 0 Å². The van der Waals surface area contributed by atoms with Crippen LogP contribution in [0.5, 0.6) is 0 Å². The van der Waals surface area contributed by atoms with Gasteiger partial charge >= 0.3 is 0 Å². The van der Waals surface area contributed by atoms with Gasteiger partial charge in [-0.15, -0.1) is 0 Å². The molecule has 0 spiro atoms. The molecule has 1 aliphatic rings. The van der Waals surface area contributed by atoms with E-state index in [0.717, 1.165) is 6.42 Å². The molecule has 3 N–H and O–H groups in total. The molecule has 0 fully saturated rings. The molecule has 0 amide bonds. The summed E-state index contributed by atoms with van der Waals surface area (Å²) >= 11 is 0. The first-order valence-corrected chi connectivity index (χ1v) is 7.78. The van der Waals surface area contributed by atoms with Gasteiger partial charge in [-0.1, -0.05) is 53.6 Å². The number of hydrogen-bond donors (Lipinski definition) is 2. The normalized spacial score (nSPS) is 18.5. The van der Waals surface area contributed by atoms with E-state index in [4.69, 9.17) is 5.84 Å². The van der Waals surface area contributed by atoms with Crippen molar-refractivity contribution in [2.45, 2.75) is 45.1 Å². The molecule has 21 heavy (non-hydrogen) atoms. The Morgan fingerprint density at radius 2 is 1.86 bits per heavy atom. The molecule has 0 radical (unpaired) electrons. The van der Waals surface area contributed by atoms with Crippen LogP contribution >= 0.6 is 0 Å². The van der Waals surface area contributed by atoms with Crippen LogP contribution in [-0.4, -0.2) is 6.04 Å². The predicted molar refractivity (Wildman–Crippen MR) is 88.2 cm³/mol. The van der Waals surface area contributed by atoms with Crippen molar-refractivity contribution in [2.75, 3.05) is 0 Å². The van der Waals surface area contributed by atoms with E-state index in [1.165, 1.54) is 40.7 Å². The van der Waals surface area contributed by atoms with Crippen molar-refractivity contribution in [1.29, 1.82) is 0 Å². The molecule has 0 saturated carbocycles. The highest BCUT2D eigenvalue weighted by atomic mass is 15.2. The van der Waals surface area contributed by atoms with Gasteiger partial charge in [0.25, 0.3) is 0 Å². The first kappa shape index (κ1) is 14.3. The van der Waals surface area contributed by atoms with Gasteiger partial charge in [0, 0.05) is 12.0 Å². The van der Waals surface area contributed by atoms with Gasteiger partial charge in [0.2, 0.25) is 0 Å². The van der Waals surface area contributed by atoms with E-state index in [-0.39, 0.29) is 0 Å². The summed E-state index contributed by atoms with van der Waals surface area (Å²) in [4.78, 5) is 0. The monoisotopic (exact) mass is 280 g/mol. The van der Waals surface area contributed by atoms with Crippen LogP contribution in [0.1, 0.15) is 40.2 Å². The van der Waals surface area contributed by atoms with Crippen molar-refractivity contribution in [3.05, 3.63) is 70.3 Å². The van der Waals surface area contributed by atoms with Crippen LogP contribution < -0.4 is 11.3 Å². The fourth-order valence-corrected chi connectivity index (χ4v) is 3.77. The molecule has 2 nitrogen and oxygen atoms in total. The molecule has 0 aromatic heterocycles. The van der Waals surface area contributed by atoms with E-state index in [1.807, 2.05) is 0 Å². The quantitative estimate of drug-likeness (QED) is 0.665. The fraction of sp³-hybridized carbons (Fsp3) is 0.368. The number of aryl methyl sites for hydroxylation is 3. The summed E-state index contributed by atoms with van der Waals surface area (Å²) in [5, 5.41) is 0. The third kappa shape index (κ3) is 3.02. The summed E-state index contributed by atoms with van der Waals surface area (Å²) in [6.45, 7) is 4.32. The minimum absolute atomic E-state index is 0.301. The van der Waals surface area contributed by atoms with Gasteiger partial charge < -0.3 is 0 Å². The third-order valence-electron chi connectivity index (χ3n) is 4.62. The van der Waals surface area contributed by atoms with Crippen molar-refractivity contribution >= 4 is 0 Å². The number of nitrogens with two attached hydrogens (primary N) is 1. The number of hydrogen-bond acceptors (Lipinski definition) is 2. The van der Waals surface area contributed by atoms with E-state index in [0.29, 0.717) is 12.0 Å². The predicted octanol–water partition coefficient (Wildman–Crippen LogP) is 3.41. The Bertz CT molecular complexity index is 613. The zero-order valence-corrected chi connectivity index (χ0v) is 12.9. The first-order chi connectivity index (χ1) is 10.2. The van der Waals surface area contributed by atoms with Crippen molar-refractivity contribution in [2.24, 2.45) is 5.84 Å². The molecule has 1 aliphatic carbocycles. The van der Waals surface area contributed by atoms with E-state index in [9.17, 15) is 0 Å². The van der Waals surface area contributed by atoms with Gasteiger partial charge in [-0.05, 0) is 49.8 Å². The SMILES string of the molecule is Cc1cc(C)cc(CC(NN)C2CCc3ccccc32)c1. The second-order valence-electron chi connectivity index (χ2n) is 6.32. The Balaban J connectivity index is 1.83. The summed E-state index contributed by atoms with van der Waals surface area (Å²) in [6, 6.07) is 15.9. The van der Waals surface area contributed by atoms with E-state index in [1.54, 1.807) is 0 Å². The standard InChI is InChI=1S/C19H24N2/c1-13-9-14(2)11-15(10-13)12-19(21-20)18-8-7-16-5-3-4-6-17(16)18/h3-6,9-11,18-19,21H,7-8,12,20H2,1-2H3. The average molecular weight is 280 g/mol. The molecule has 0 saturated heterocycles. The van der Waals surface area contributed by atoms with Crippen LogP contribution in [0.3, 0.4) is 0 Å². The number of fused-ring (bicyclic) bond motifs is 1. The topological polar surface area (TPSA) is 38.0 Å². The van der Waals surface area contributed by atoms with Crippen molar-refractivity contribution in [3.8, 4) is 0 Å². The van der Waals surface area contributed by atoms with Gasteiger partial charge in [0.1, 0.15) is 0 Å². The van der Waals surface area contributed by atoms with Crippen LogP contribution in [-0.2, 0) is 12.8 Å². The van der Waals surface area contributed by atoms with Crippen LogP contribution in [0.15, 0.2) is 42.5 Å². The van der Waals surface area contributed by atoms with E-state index in [2.05, 4.69) is 61.7 Å². The third-order valence-corrected chi connectivity index (χ3v) is 4.62. The molecule has 2 aromatic carbocycles. The summed E-state index contributed by atoms with van der Waals surface area (Å²) in [5.41, 5.74) is 10.1. The molecule has 2 atom stereocenters. The van der Waals surface area contributed by atoms with Gasteiger partial charge in [0.15, 0.2) is 0 Å². The van der Waals surface area contributed by atoms with Crippen LogP contribution in [0.25, 0.3) is 0 Å². The Morgan fingerprint density at radius 3 is 2.57 bits per heavy atom. The van der Waals surface area contributed by atoms with E-state index >= 15 is 0 Å². The van der Waals surface area contributed by atoms with Gasteiger partial charge in [-0.3, -0.25) is 11.3 Å². The largest absolute Gasteiger partial charge is 0.271 e. The fourth-order valence-electron chi connectivity index (χ4n) is 3.77. The molecule has 110 valence electrons. The second-order valence-corrected chi connectivity index (χ2v) is 6.32. The highest BCUT2D eigenvalue weighted by Gasteiger charge is 2.29. The molecule has 2 aromatic rings. The maximum Gasteiger partial charge on any atom is 0.0319 e. The van der Waals surface area contributed by atoms with Crippen LogP contribution in [0.2, 0.25) is 0 Å². The summed E-state index contributed by atoms with van der Waals surface area (Å²) in [5.74, 6) is 6.40. The molecule has 0 bridgehead atoms. The van der Waals surface area contributed by atoms with Crippen molar-refractivity contribution < 1.29 is 0 Å². The molecule has 2 heteroatoms. The summed E-state index contributed by atoms with van der Waals surface area (Å²) in [7, 11) is 0. The second kappa shape index (κ2) is 6.00.